The number of carbonyl (C=O) groups is 1. The van der Waals surface area contributed by atoms with Gasteiger partial charge < -0.3 is 20.3 Å². The molecule has 0 aliphatic carbocycles. The van der Waals surface area contributed by atoms with Gasteiger partial charge in [-0.1, -0.05) is 18.2 Å². The number of carbonyl (C=O) groups excluding carboxylic acids is 1. The quantitative estimate of drug-likeness (QED) is 0.858. The van der Waals surface area contributed by atoms with Gasteiger partial charge in [0.05, 0.1) is 0 Å². The lowest BCUT2D eigenvalue weighted by Crippen LogP contribution is -2.35. The van der Waals surface area contributed by atoms with Gasteiger partial charge in [-0.05, 0) is 39.1 Å². The van der Waals surface area contributed by atoms with E-state index in [2.05, 4.69) is 0 Å². The summed E-state index contributed by atoms with van der Waals surface area (Å²) >= 11 is 0. The van der Waals surface area contributed by atoms with Crippen LogP contribution in [0.4, 0.5) is 4.79 Å². The highest BCUT2D eigenvalue weighted by Crippen LogP contribution is 2.20. The number of amides is 1. The Kier molecular flexibility index (Phi) is 6.48. The summed E-state index contributed by atoms with van der Waals surface area (Å²) in [6.45, 7) is 3.36. The molecule has 0 aliphatic rings. The highest BCUT2D eigenvalue weighted by atomic mass is 16.6. The minimum Gasteiger partial charge on any atom is -0.410 e. The maximum atomic E-state index is 12.0. The van der Waals surface area contributed by atoms with E-state index in [4.69, 9.17) is 10.5 Å². The topological polar surface area (TPSA) is 58.8 Å². The third-order valence-electron chi connectivity index (χ3n) is 2.91. The Morgan fingerprint density at radius 3 is 2.50 bits per heavy atom. The first-order chi connectivity index (χ1) is 9.40. The number of rotatable bonds is 6. The number of benzene rings is 1. The molecular weight excluding hydrogens is 254 g/mol. The van der Waals surface area contributed by atoms with Crippen molar-refractivity contribution in [2.75, 3.05) is 34.2 Å². The number of hydrogen-bond acceptors (Lipinski definition) is 4. The number of nitrogens with two attached hydrogens (primary N) is 1. The van der Waals surface area contributed by atoms with Crippen molar-refractivity contribution in [2.24, 2.45) is 5.73 Å². The first-order valence-corrected chi connectivity index (χ1v) is 6.81. The molecule has 0 fully saturated rings. The number of para-hydroxylation sites is 1. The molecule has 1 aromatic carbocycles. The molecule has 2 N–H and O–H groups in total. The molecule has 0 saturated carbocycles. The van der Waals surface area contributed by atoms with Crippen LogP contribution in [0.2, 0.25) is 0 Å². The molecule has 0 bridgehead atoms. The Morgan fingerprint density at radius 1 is 1.25 bits per heavy atom. The zero-order chi connectivity index (χ0) is 15.1. The fourth-order valence-corrected chi connectivity index (χ4v) is 1.73. The largest absolute Gasteiger partial charge is 0.415 e. The molecule has 0 heterocycles. The second-order valence-corrected chi connectivity index (χ2v) is 5.38. The van der Waals surface area contributed by atoms with Gasteiger partial charge in [0.25, 0.3) is 0 Å². The van der Waals surface area contributed by atoms with Crippen molar-refractivity contribution in [3.63, 3.8) is 0 Å². The molecular formula is C15H25N3O2. The first kappa shape index (κ1) is 16.5. The predicted octanol–water partition coefficient (Wildman–Crippen LogP) is 1.57. The molecule has 0 spiro atoms. The molecule has 5 heteroatoms. The van der Waals surface area contributed by atoms with E-state index < -0.39 is 0 Å². The molecule has 1 aromatic rings. The van der Waals surface area contributed by atoms with Crippen LogP contribution in [0, 0.1) is 0 Å². The van der Waals surface area contributed by atoms with Crippen molar-refractivity contribution >= 4 is 6.09 Å². The molecule has 1 rings (SSSR count). The van der Waals surface area contributed by atoms with Crippen LogP contribution in [0.1, 0.15) is 12.5 Å². The lowest BCUT2D eigenvalue weighted by atomic mass is 10.1. The smallest absolute Gasteiger partial charge is 0.410 e. The van der Waals surface area contributed by atoms with E-state index in [1.165, 1.54) is 0 Å². The van der Waals surface area contributed by atoms with Gasteiger partial charge in [-0.3, -0.25) is 0 Å². The van der Waals surface area contributed by atoms with Crippen molar-refractivity contribution in [1.29, 1.82) is 0 Å². The minimum absolute atomic E-state index is 0.0290. The standard InChI is InChI=1S/C15H25N3O2/c1-12(16)11-13-7-5-6-8-14(13)20-15(19)18(4)10-9-17(2)3/h5-8,12H,9-11,16H2,1-4H3/t12-/m0/s1. The van der Waals surface area contributed by atoms with Gasteiger partial charge in [0, 0.05) is 26.2 Å². The Bertz CT molecular complexity index is 433. The summed E-state index contributed by atoms with van der Waals surface area (Å²) in [5, 5.41) is 0. The Balaban J connectivity index is 2.65. The van der Waals surface area contributed by atoms with Gasteiger partial charge >= 0.3 is 6.09 Å². The zero-order valence-electron chi connectivity index (χ0n) is 12.8. The number of hydrogen-bond donors (Lipinski definition) is 1. The monoisotopic (exact) mass is 279 g/mol. The van der Waals surface area contributed by atoms with Crippen LogP contribution in [-0.4, -0.2) is 56.2 Å². The number of nitrogens with zero attached hydrogens (tertiary/aromatic N) is 2. The second-order valence-electron chi connectivity index (χ2n) is 5.38. The van der Waals surface area contributed by atoms with E-state index in [0.717, 1.165) is 12.1 Å². The molecule has 0 unspecified atom stereocenters. The van der Waals surface area contributed by atoms with E-state index in [9.17, 15) is 4.79 Å². The van der Waals surface area contributed by atoms with Gasteiger partial charge in [0.15, 0.2) is 0 Å². The average molecular weight is 279 g/mol. The fraction of sp³-hybridized carbons (Fsp3) is 0.533. The summed E-state index contributed by atoms with van der Waals surface area (Å²) in [7, 11) is 5.67. The van der Waals surface area contributed by atoms with Crippen molar-refractivity contribution in [3.05, 3.63) is 29.8 Å². The maximum absolute atomic E-state index is 12.0. The Hall–Kier alpha value is -1.59. The third kappa shape index (κ3) is 5.59. The van der Waals surface area contributed by atoms with E-state index in [-0.39, 0.29) is 12.1 Å². The summed E-state index contributed by atoms with van der Waals surface area (Å²) < 4.78 is 5.45. The summed E-state index contributed by atoms with van der Waals surface area (Å²) in [5.41, 5.74) is 6.76. The Morgan fingerprint density at radius 2 is 1.90 bits per heavy atom. The van der Waals surface area contributed by atoms with Crippen LogP contribution in [0.3, 0.4) is 0 Å². The summed E-state index contributed by atoms with van der Waals surface area (Å²) in [5.74, 6) is 0.589. The highest BCUT2D eigenvalue weighted by Gasteiger charge is 2.14. The van der Waals surface area contributed by atoms with E-state index >= 15 is 0 Å². The molecule has 0 aliphatic heterocycles. The molecule has 1 atom stereocenters. The van der Waals surface area contributed by atoms with E-state index in [1.54, 1.807) is 18.0 Å². The third-order valence-corrected chi connectivity index (χ3v) is 2.91. The predicted molar refractivity (Wildman–Crippen MR) is 81.0 cm³/mol. The van der Waals surface area contributed by atoms with Crippen molar-refractivity contribution in [3.8, 4) is 5.75 Å². The van der Waals surface area contributed by atoms with Gasteiger partial charge in [-0.25, -0.2) is 4.79 Å². The van der Waals surface area contributed by atoms with Crippen LogP contribution < -0.4 is 10.5 Å². The molecule has 0 aromatic heterocycles. The average Bonchev–Trinajstić information content (AvgIpc) is 2.37. The van der Waals surface area contributed by atoms with Gasteiger partial charge in [-0.15, -0.1) is 0 Å². The lowest BCUT2D eigenvalue weighted by molar-refractivity contribution is 0.158. The lowest BCUT2D eigenvalue weighted by Gasteiger charge is -2.20. The molecule has 20 heavy (non-hydrogen) atoms. The van der Waals surface area contributed by atoms with E-state index in [0.29, 0.717) is 18.7 Å². The summed E-state index contributed by atoms with van der Waals surface area (Å²) in [4.78, 5) is 15.6. The van der Waals surface area contributed by atoms with Crippen LogP contribution in [0.5, 0.6) is 5.75 Å². The van der Waals surface area contributed by atoms with E-state index in [1.807, 2.05) is 44.1 Å². The fourth-order valence-electron chi connectivity index (χ4n) is 1.73. The van der Waals surface area contributed by atoms with Gasteiger partial charge in [0.2, 0.25) is 0 Å². The number of ether oxygens (including phenoxy) is 1. The highest BCUT2D eigenvalue weighted by molar-refractivity contribution is 5.70. The van der Waals surface area contributed by atoms with Crippen LogP contribution in [-0.2, 0) is 6.42 Å². The summed E-state index contributed by atoms with van der Waals surface area (Å²) in [6.07, 6.45) is 0.342. The number of likely N-dealkylation sites (N-methyl/N-ethyl adjacent to an activating group) is 2. The van der Waals surface area contributed by atoms with Crippen molar-refractivity contribution in [1.82, 2.24) is 9.80 Å². The van der Waals surface area contributed by atoms with Crippen molar-refractivity contribution < 1.29 is 9.53 Å². The summed E-state index contributed by atoms with van der Waals surface area (Å²) in [6, 6.07) is 7.54. The molecule has 5 nitrogen and oxygen atoms in total. The van der Waals surface area contributed by atoms with Crippen LogP contribution >= 0.6 is 0 Å². The molecule has 112 valence electrons. The van der Waals surface area contributed by atoms with Crippen molar-refractivity contribution in [2.45, 2.75) is 19.4 Å². The SMILES string of the molecule is C[C@H](N)Cc1ccccc1OC(=O)N(C)CCN(C)C. The zero-order valence-corrected chi connectivity index (χ0v) is 12.8. The maximum Gasteiger partial charge on any atom is 0.415 e. The van der Waals surface area contributed by atoms with Crippen LogP contribution in [0.25, 0.3) is 0 Å². The molecule has 1 amide bonds. The van der Waals surface area contributed by atoms with Gasteiger partial charge in [0.1, 0.15) is 5.75 Å². The second kappa shape index (κ2) is 7.87. The first-order valence-electron chi connectivity index (χ1n) is 6.81. The van der Waals surface area contributed by atoms with Gasteiger partial charge in [-0.2, -0.15) is 0 Å². The molecule has 0 saturated heterocycles. The minimum atomic E-state index is -0.344. The normalized spacial score (nSPS) is 12.3. The Labute approximate surface area is 121 Å². The van der Waals surface area contributed by atoms with Crippen LogP contribution in [0.15, 0.2) is 24.3 Å². The molecule has 0 radical (unpaired) electrons.